The molecule has 4 heteroatoms. The Bertz CT molecular complexity index is 601. The third kappa shape index (κ3) is 1.72. The zero-order valence-electron chi connectivity index (χ0n) is 9.15. The minimum atomic E-state index is -0.467. The van der Waals surface area contributed by atoms with Gasteiger partial charge in [-0.2, -0.15) is 5.26 Å². The lowest BCUT2D eigenvalue weighted by molar-refractivity contribution is 0.552. The number of H-pyrrole nitrogens is 1. The van der Waals surface area contributed by atoms with Crippen molar-refractivity contribution in [2.24, 2.45) is 5.92 Å². The number of nitriles is 1. The van der Waals surface area contributed by atoms with Gasteiger partial charge in [-0.15, -0.1) is 0 Å². The first kappa shape index (κ1) is 10.5. The van der Waals surface area contributed by atoms with Crippen molar-refractivity contribution >= 4 is 11.1 Å². The number of nitrogens with one attached hydrogen (secondary N) is 1. The van der Waals surface area contributed by atoms with Crippen LogP contribution in [0.2, 0.25) is 0 Å². The van der Waals surface area contributed by atoms with Crippen LogP contribution in [-0.2, 0) is 0 Å². The molecule has 1 unspecified atom stereocenters. The Morgan fingerprint density at radius 2 is 2.19 bits per heavy atom. The number of hydrogen-bond donors (Lipinski definition) is 1. The molecule has 1 atom stereocenters. The van der Waals surface area contributed by atoms with Crippen molar-refractivity contribution in [3.05, 3.63) is 34.3 Å². The monoisotopic (exact) mass is 216 g/mol. The Morgan fingerprint density at radius 3 is 2.81 bits per heavy atom. The molecule has 0 radical (unpaired) electrons. The van der Waals surface area contributed by atoms with E-state index in [0.29, 0.717) is 11.1 Å². The highest BCUT2D eigenvalue weighted by atomic mass is 16.4. The van der Waals surface area contributed by atoms with Gasteiger partial charge in [0.2, 0.25) is 0 Å². The van der Waals surface area contributed by atoms with E-state index in [4.69, 9.17) is 9.68 Å². The maximum atomic E-state index is 11.0. The average molecular weight is 216 g/mol. The van der Waals surface area contributed by atoms with E-state index in [1.165, 1.54) is 0 Å². The Labute approximate surface area is 92.5 Å². The molecule has 0 fully saturated rings. The van der Waals surface area contributed by atoms with Gasteiger partial charge in [0.15, 0.2) is 5.58 Å². The van der Waals surface area contributed by atoms with Gasteiger partial charge in [0.25, 0.3) is 0 Å². The van der Waals surface area contributed by atoms with Crippen molar-refractivity contribution < 1.29 is 4.42 Å². The number of oxazole rings is 1. The van der Waals surface area contributed by atoms with Crippen molar-refractivity contribution in [3.8, 4) is 6.07 Å². The molecule has 0 spiro atoms. The van der Waals surface area contributed by atoms with Crippen LogP contribution in [0.5, 0.6) is 0 Å². The second-order valence-electron chi connectivity index (χ2n) is 4.12. The number of aromatic amines is 1. The maximum absolute atomic E-state index is 11.0. The Hall–Kier alpha value is -2.02. The highest BCUT2D eigenvalue weighted by molar-refractivity contribution is 5.73. The van der Waals surface area contributed by atoms with Crippen LogP contribution in [0.15, 0.2) is 27.4 Å². The van der Waals surface area contributed by atoms with Crippen LogP contribution in [0.25, 0.3) is 11.1 Å². The molecule has 1 aromatic heterocycles. The van der Waals surface area contributed by atoms with Crippen LogP contribution in [0, 0.1) is 17.2 Å². The first-order chi connectivity index (χ1) is 7.61. The molecule has 2 rings (SSSR count). The number of fused-ring (bicyclic) bond motifs is 1. The third-order valence-electron chi connectivity index (χ3n) is 2.61. The molecule has 2 aromatic rings. The van der Waals surface area contributed by atoms with Gasteiger partial charge in [-0.1, -0.05) is 19.9 Å². The standard InChI is InChI=1S/C12H12N2O2/c1-7(2)9(6-13)8-3-4-10-11(5-8)16-12(15)14-10/h3-5,7,9H,1-2H3,(H,14,15). The van der Waals surface area contributed by atoms with E-state index in [0.717, 1.165) is 5.56 Å². The highest BCUT2D eigenvalue weighted by Crippen LogP contribution is 2.25. The highest BCUT2D eigenvalue weighted by Gasteiger charge is 2.16. The number of rotatable bonds is 2. The van der Waals surface area contributed by atoms with Crippen molar-refractivity contribution in [2.45, 2.75) is 19.8 Å². The van der Waals surface area contributed by atoms with Gasteiger partial charge in [0.1, 0.15) is 0 Å². The molecule has 0 aliphatic heterocycles. The molecule has 1 heterocycles. The van der Waals surface area contributed by atoms with Crippen LogP contribution in [0.3, 0.4) is 0 Å². The fourth-order valence-electron chi connectivity index (χ4n) is 1.76. The van der Waals surface area contributed by atoms with E-state index in [1.54, 1.807) is 12.1 Å². The summed E-state index contributed by atoms with van der Waals surface area (Å²) in [7, 11) is 0. The van der Waals surface area contributed by atoms with E-state index < -0.39 is 5.76 Å². The largest absolute Gasteiger partial charge is 0.417 e. The van der Waals surface area contributed by atoms with Crippen molar-refractivity contribution in [1.82, 2.24) is 4.98 Å². The van der Waals surface area contributed by atoms with E-state index in [1.807, 2.05) is 19.9 Å². The first-order valence-corrected chi connectivity index (χ1v) is 5.14. The summed E-state index contributed by atoms with van der Waals surface area (Å²) in [6.07, 6.45) is 0. The van der Waals surface area contributed by atoms with Crippen LogP contribution >= 0.6 is 0 Å². The van der Waals surface area contributed by atoms with E-state index in [9.17, 15) is 4.79 Å². The number of aromatic nitrogens is 1. The van der Waals surface area contributed by atoms with Gasteiger partial charge < -0.3 is 4.42 Å². The van der Waals surface area contributed by atoms with Gasteiger partial charge >= 0.3 is 5.76 Å². The van der Waals surface area contributed by atoms with Crippen LogP contribution in [0.1, 0.15) is 25.3 Å². The van der Waals surface area contributed by atoms with Crippen molar-refractivity contribution in [1.29, 1.82) is 5.26 Å². The average Bonchev–Trinajstić information content (AvgIpc) is 2.57. The molecule has 0 saturated carbocycles. The lowest BCUT2D eigenvalue weighted by atomic mass is 9.90. The molecule has 0 aliphatic carbocycles. The molecular formula is C12H12N2O2. The van der Waals surface area contributed by atoms with Gasteiger partial charge in [-0.25, -0.2) is 4.79 Å². The van der Waals surface area contributed by atoms with Gasteiger partial charge in [0, 0.05) is 0 Å². The normalized spacial score (nSPS) is 12.9. The lowest BCUT2D eigenvalue weighted by Crippen LogP contribution is -2.03. The molecule has 0 bridgehead atoms. The predicted octanol–water partition coefficient (Wildman–Crippen LogP) is 2.38. The lowest BCUT2D eigenvalue weighted by Gasteiger charge is -2.12. The molecule has 0 saturated heterocycles. The van der Waals surface area contributed by atoms with Crippen LogP contribution in [0.4, 0.5) is 0 Å². The van der Waals surface area contributed by atoms with Crippen LogP contribution < -0.4 is 5.76 Å². The first-order valence-electron chi connectivity index (χ1n) is 5.14. The quantitative estimate of drug-likeness (QED) is 0.837. The molecule has 16 heavy (non-hydrogen) atoms. The number of benzene rings is 1. The molecule has 0 amide bonds. The van der Waals surface area contributed by atoms with Gasteiger partial charge in [-0.3, -0.25) is 4.98 Å². The maximum Gasteiger partial charge on any atom is 0.417 e. The minimum absolute atomic E-state index is 0.176. The summed E-state index contributed by atoms with van der Waals surface area (Å²) in [5, 5.41) is 9.08. The second kappa shape index (κ2) is 3.86. The topological polar surface area (TPSA) is 69.8 Å². The van der Waals surface area contributed by atoms with E-state index >= 15 is 0 Å². The summed E-state index contributed by atoms with van der Waals surface area (Å²) in [6, 6.07) is 7.63. The van der Waals surface area contributed by atoms with Gasteiger partial charge in [-0.05, 0) is 23.6 Å². The Morgan fingerprint density at radius 1 is 1.44 bits per heavy atom. The van der Waals surface area contributed by atoms with Crippen molar-refractivity contribution in [2.75, 3.05) is 0 Å². The number of nitrogens with zero attached hydrogens (tertiary/aromatic N) is 1. The second-order valence-corrected chi connectivity index (χ2v) is 4.12. The molecular weight excluding hydrogens is 204 g/mol. The van der Waals surface area contributed by atoms with Gasteiger partial charge in [0.05, 0.1) is 17.5 Å². The molecule has 1 aromatic carbocycles. The fraction of sp³-hybridized carbons (Fsp3) is 0.333. The SMILES string of the molecule is CC(C)C(C#N)c1ccc2[nH]c(=O)oc2c1. The zero-order chi connectivity index (χ0) is 11.7. The molecule has 0 aliphatic rings. The summed E-state index contributed by atoms with van der Waals surface area (Å²) in [5.41, 5.74) is 2.05. The van der Waals surface area contributed by atoms with E-state index in [2.05, 4.69) is 11.1 Å². The van der Waals surface area contributed by atoms with Crippen LogP contribution in [-0.4, -0.2) is 4.98 Å². The molecule has 82 valence electrons. The third-order valence-corrected chi connectivity index (χ3v) is 2.61. The summed E-state index contributed by atoms with van der Waals surface area (Å²) in [5.74, 6) is -0.414. The summed E-state index contributed by atoms with van der Waals surface area (Å²) in [6.45, 7) is 3.98. The predicted molar refractivity (Wildman–Crippen MR) is 60.0 cm³/mol. The Balaban J connectivity index is 2.54. The zero-order valence-corrected chi connectivity index (χ0v) is 9.15. The van der Waals surface area contributed by atoms with Crippen molar-refractivity contribution in [3.63, 3.8) is 0 Å². The smallest absolute Gasteiger partial charge is 0.408 e. The Kier molecular flexibility index (Phi) is 2.53. The number of hydrogen-bond acceptors (Lipinski definition) is 3. The molecule has 1 N–H and O–H groups in total. The fourth-order valence-corrected chi connectivity index (χ4v) is 1.76. The summed E-state index contributed by atoms with van der Waals surface area (Å²) >= 11 is 0. The summed E-state index contributed by atoms with van der Waals surface area (Å²) < 4.78 is 4.96. The minimum Gasteiger partial charge on any atom is -0.408 e. The summed E-state index contributed by atoms with van der Waals surface area (Å²) in [4.78, 5) is 13.6. The molecule has 4 nitrogen and oxygen atoms in total. The van der Waals surface area contributed by atoms with E-state index in [-0.39, 0.29) is 11.8 Å².